The molecular weight excluding hydrogens is 353 g/mol. The summed E-state index contributed by atoms with van der Waals surface area (Å²) < 4.78 is 13.4. The summed E-state index contributed by atoms with van der Waals surface area (Å²) in [4.78, 5) is 17.7. The number of nitrogens with one attached hydrogen (secondary N) is 1. The number of hydrogen-bond acceptors (Lipinski definition) is 3. The molecule has 0 saturated carbocycles. The molecule has 28 heavy (non-hydrogen) atoms. The van der Waals surface area contributed by atoms with Crippen molar-refractivity contribution in [2.24, 2.45) is 0 Å². The minimum absolute atomic E-state index is 0.0312. The highest BCUT2D eigenvalue weighted by molar-refractivity contribution is 5.95. The van der Waals surface area contributed by atoms with Crippen molar-refractivity contribution in [3.63, 3.8) is 0 Å². The lowest BCUT2D eigenvalue weighted by atomic mass is 10.0. The lowest BCUT2D eigenvalue weighted by Crippen LogP contribution is -2.49. The molecule has 1 N–H and O–H groups in total. The lowest BCUT2D eigenvalue weighted by Gasteiger charge is -2.37. The van der Waals surface area contributed by atoms with Gasteiger partial charge in [-0.25, -0.2) is 4.39 Å². The number of benzene rings is 2. The second-order valence-electron chi connectivity index (χ2n) is 8.01. The second-order valence-corrected chi connectivity index (χ2v) is 8.01. The first kappa shape index (κ1) is 19.1. The van der Waals surface area contributed by atoms with Gasteiger partial charge in [0.1, 0.15) is 5.82 Å². The van der Waals surface area contributed by atoms with E-state index in [1.807, 2.05) is 30.3 Å². The second kappa shape index (κ2) is 8.41. The number of hydrogen-bond donors (Lipinski definition) is 1. The van der Waals surface area contributed by atoms with Crippen molar-refractivity contribution in [3.8, 4) is 11.1 Å². The topological polar surface area (TPSA) is 35.6 Å². The van der Waals surface area contributed by atoms with E-state index in [1.54, 1.807) is 6.07 Å². The van der Waals surface area contributed by atoms with Crippen LogP contribution in [0.4, 0.5) is 10.1 Å². The zero-order valence-corrected chi connectivity index (χ0v) is 16.4. The first-order valence-electron chi connectivity index (χ1n) is 10.2. The number of anilines is 1. The zero-order valence-electron chi connectivity index (χ0n) is 16.4. The molecule has 1 amide bonds. The van der Waals surface area contributed by atoms with Gasteiger partial charge in [0.2, 0.25) is 5.91 Å². The Bertz CT molecular complexity index is 815. The maximum absolute atomic E-state index is 13.4. The van der Waals surface area contributed by atoms with Gasteiger partial charge in [-0.1, -0.05) is 24.3 Å². The SMILES string of the molecule is CN1CCC(N2CCCC2C(=O)Nc2ccc(-c3cccc(F)c3)cc2)CC1. The molecule has 0 aliphatic carbocycles. The Morgan fingerprint density at radius 2 is 1.75 bits per heavy atom. The Morgan fingerprint density at radius 1 is 1.00 bits per heavy atom. The average Bonchev–Trinajstić information content (AvgIpc) is 3.19. The predicted octanol–water partition coefficient (Wildman–Crippen LogP) is 3.99. The summed E-state index contributed by atoms with van der Waals surface area (Å²) in [5.74, 6) is -0.153. The van der Waals surface area contributed by atoms with E-state index >= 15 is 0 Å². The van der Waals surface area contributed by atoms with Gasteiger partial charge < -0.3 is 10.2 Å². The minimum Gasteiger partial charge on any atom is -0.325 e. The van der Waals surface area contributed by atoms with Crippen LogP contribution < -0.4 is 5.32 Å². The molecule has 5 heteroatoms. The van der Waals surface area contributed by atoms with Gasteiger partial charge in [-0.05, 0) is 87.8 Å². The van der Waals surface area contributed by atoms with Gasteiger partial charge in [0.25, 0.3) is 0 Å². The van der Waals surface area contributed by atoms with Gasteiger partial charge in [0.05, 0.1) is 6.04 Å². The van der Waals surface area contributed by atoms with Gasteiger partial charge in [-0.15, -0.1) is 0 Å². The van der Waals surface area contributed by atoms with Crippen LogP contribution >= 0.6 is 0 Å². The Labute approximate surface area is 166 Å². The highest BCUT2D eigenvalue weighted by Crippen LogP contribution is 2.27. The molecule has 0 radical (unpaired) electrons. The van der Waals surface area contributed by atoms with Gasteiger partial charge >= 0.3 is 0 Å². The van der Waals surface area contributed by atoms with Crippen LogP contribution in [-0.4, -0.2) is 54.5 Å². The van der Waals surface area contributed by atoms with Crippen molar-refractivity contribution in [2.75, 3.05) is 32.0 Å². The summed E-state index contributed by atoms with van der Waals surface area (Å²) in [5.41, 5.74) is 2.56. The molecule has 4 rings (SSSR count). The molecule has 2 aromatic rings. The van der Waals surface area contributed by atoms with Crippen LogP contribution in [0.2, 0.25) is 0 Å². The molecule has 2 aromatic carbocycles. The van der Waals surface area contributed by atoms with Crippen molar-refractivity contribution < 1.29 is 9.18 Å². The third kappa shape index (κ3) is 4.26. The summed E-state index contributed by atoms with van der Waals surface area (Å²) >= 11 is 0. The Hall–Kier alpha value is -2.24. The summed E-state index contributed by atoms with van der Waals surface area (Å²) in [6.45, 7) is 3.24. The Morgan fingerprint density at radius 3 is 2.46 bits per heavy atom. The van der Waals surface area contributed by atoms with Crippen LogP contribution in [0.5, 0.6) is 0 Å². The van der Waals surface area contributed by atoms with E-state index in [1.165, 1.54) is 12.1 Å². The number of carbonyl (C=O) groups excluding carboxylic acids is 1. The van der Waals surface area contributed by atoms with Crippen LogP contribution in [0.3, 0.4) is 0 Å². The lowest BCUT2D eigenvalue weighted by molar-refractivity contribution is -0.121. The van der Waals surface area contributed by atoms with Gasteiger partial charge in [0, 0.05) is 11.7 Å². The van der Waals surface area contributed by atoms with Crippen molar-refractivity contribution in [1.29, 1.82) is 0 Å². The number of likely N-dealkylation sites (tertiary alicyclic amines) is 2. The van der Waals surface area contributed by atoms with E-state index in [2.05, 4.69) is 22.2 Å². The molecule has 0 spiro atoms. The van der Waals surface area contributed by atoms with Crippen molar-refractivity contribution in [2.45, 2.75) is 37.8 Å². The molecule has 4 nitrogen and oxygen atoms in total. The maximum Gasteiger partial charge on any atom is 0.241 e. The molecule has 0 aromatic heterocycles. The fraction of sp³-hybridized carbons (Fsp3) is 0.435. The third-order valence-electron chi connectivity index (χ3n) is 6.06. The molecule has 1 unspecified atom stereocenters. The summed E-state index contributed by atoms with van der Waals surface area (Å²) in [5, 5.41) is 3.09. The number of amides is 1. The first-order valence-corrected chi connectivity index (χ1v) is 10.2. The summed E-state index contributed by atoms with van der Waals surface area (Å²) in [6, 6.07) is 14.7. The molecular formula is C23H28FN3O. The fourth-order valence-corrected chi connectivity index (χ4v) is 4.47. The number of carbonyl (C=O) groups is 1. The predicted molar refractivity (Wildman–Crippen MR) is 111 cm³/mol. The van der Waals surface area contributed by atoms with E-state index in [4.69, 9.17) is 0 Å². The highest BCUT2D eigenvalue weighted by atomic mass is 19.1. The van der Waals surface area contributed by atoms with Crippen molar-refractivity contribution >= 4 is 11.6 Å². The molecule has 0 bridgehead atoms. The van der Waals surface area contributed by atoms with Crippen molar-refractivity contribution in [1.82, 2.24) is 9.80 Å². The molecule has 2 saturated heterocycles. The van der Waals surface area contributed by atoms with E-state index in [-0.39, 0.29) is 17.8 Å². The van der Waals surface area contributed by atoms with E-state index < -0.39 is 0 Å². The first-order chi connectivity index (χ1) is 13.6. The van der Waals surface area contributed by atoms with Gasteiger partial charge in [0.15, 0.2) is 0 Å². The fourth-order valence-electron chi connectivity index (χ4n) is 4.47. The number of nitrogens with zero attached hydrogens (tertiary/aromatic N) is 2. The monoisotopic (exact) mass is 381 g/mol. The molecule has 2 aliphatic heterocycles. The quantitative estimate of drug-likeness (QED) is 0.870. The zero-order chi connectivity index (χ0) is 19.5. The average molecular weight is 381 g/mol. The smallest absolute Gasteiger partial charge is 0.241 e. The standard InChI is InChI=1S/C23H28FN3O/c1-26-14-11-21(12-15-26)27-13-3-6-22(27)23(28)25-20-9-7-17(8-10-20)18-4-2-5-19(24)16-18/h2,4-5,7-10,16,21-22H,3,6,11-15H2,1H3,(H,25,28). The highest BCUT2D eigenvalue weighted by Gasteiger charge is 2.36. The Kier molecular flexibility index (Phi) is 5.74. The van der Waals surface area contributed by atoms with Crippen LogP contribution in [0.1, 0.15) is 25.7 Å². The Balaban J connectivity index is 1.40. The van der Waals surface area contributed by atoms with E-state index in [9.17, 15) is 9.18 Å². The van der Waals surface area contributed by atoms with Crippen LogP contribution in [0, 0.1) is 5.82 Å². The van der Waals surface area contributed by atoms with Crippen LogP contribution in [0.25, 0.3) is 11.1 Å². The number of rotatable bonds is 4. The van der Waals surface area contributed by atoms with E-state index in [0.29, 0.717) is 6.04 Å². The molecule has 2 aliphatic rings. The largest absolute Gasteiger partial charge is 0.325 e. The third-order valence-corrected chi connectivity index (χ3v) is 6.06. The molecule has 2 fully saturated rings. The van der Waals surface area contributed by atoms with Gasteiger partial charge in [-0.3, -0.25) is 9.69 Å². The molecule has 148 valence electrons. The summed E-state index contributed by atoms with van der Waals surface area (Å²) in [6.07, 6.45) is 4.30. The van der Waals surface area contributed by atoms with Gasteiger partial charge in [-0.2, -0.15) is 0 Å². The van der Waals surface area contributed by atoms with E-state index in [0.717, 1.165) is 62.1 Å². The van der Waals surface area contributed by atoms with Crippen LogP contribution in [0.15, 0.2) is 48.5 Å². The molecule has 1 atom stereocenters. The normalized spacial score (nSPS) is 21.7. The van der Waals surface area contributed by atoms with Crippen molar-refractivity contribution in [3.05, 3.63) is 54.3 Å². The molecule has 2 heterocycles. The number of piperidine rings is 1. The minimum atomic E-state index is -0.245. The maximum atomic E-state index is 13.4. The summed E-state index contributed by atoms with van der Waals surface area (Å²) in [7, 11) is 2.16. The number of halogens is 1. The van der Waals surface area contributed by atoms with Crippen LogP contribution in [-0.2, 0) is 4.79 Å².